The summed E-state index contributed by atoms with van der Waals surface area (Å²) in [5.74, 6) is 0. The summed E-state index contributed by atoms with van der Waals surface area (Å²) in [6, 6.07) is 7.20. The largest absolute Gasteiger partial charge is 0.273 e. The predicted molar refractivity (Wildman–Crippen MR) is 92.2 cm³/mol. The first-order valence-corrected chi connectivity index (χ1v) is 9.99. The Morgan fingerprint density at radius 1 is 1.29 bits per heavy atom. The molecule has 0 fully saturated rings. The Labute approximate surface area is 143 Å². The fourth-order valence-corrected chi connectivity index (χ4v) is 6.30. The molecule has 3 rings (SSSR count). The molecule has 0 spiro atoms. The second-order valence-electron chi connectivity index (χ2n) is 4.28. The zero-order valence-corrected chi connectivity index (χ0v) is 15.3. The van der Waals surface area contributed by atoms with Gasteiger partial charge in [-0.05, 0) is 46.6 Å². The van der Waals surface area contributed by atoms with Gasteiger partial charge >= 0.3 is 0 Å². The zero-order valence-electron chi connectivity index (χ0n) is 10.6. The van der Waals surface area contributed by atoms with E-state index < -0.39 is 10.0 Å². The van der Waals surface area contributed by atoms with Crippen LogP contribution in [-0.2, 0) is 10.0 Å². The molecule has 2 aromatic heterocycles. The van der Waals surface area contributed by atoms with Crippen LogP contribution < -0.4 is 4.72 Å². The van der Waals surface area contributed by atoms with Gasteiger partial charge in [-0.3, -0.25) is 4.72 Å². The number of hydrogen-bond donors (Lipinski definition) is 1. The molecular formula is C12H8BrClN2O2S3. The summed E-state index contributed by atoms with van der Waals surface area (Å²) in [5.41, 5.74) is 1.88. The molecule has 4 nitrogen and oxygen atoms in total. The van der Waals surface area contributed by atoms with Gasteiger partial charge in [0.2, 0.25) is 0 Å². The number of hydrogen-bond acceptors (Lipinski definition) is 5. The third kappa shape index (κ3) is 3.09. The number of aromatic nitrogens is 1. The Morgan fingerprint density at radius 3 is 2.71 bits per heavy atom. The Balaban J connectivity index is 1.97. The van der Waals surface area contributed by atoms with Crippen molar-refractivity contribution in [2.24, 2.45) is 0 Å². The maximum atomic E-state index is 12.3. The molecule has 0 atom stereocenters. The quantitative estimate of drug-likeness (QED) is 0.653. The van der Waals surface area contributed by atoms with E-state index in [0.717, 1.165) is 27.1 Å². The van der Waals surface area contributed by atoms with Gasteiger partial charge in [-0.1, -0.05) is 29.0 Å². The van der Waals surface area contributed by atoms with Gasteiger partial charge in [-0.2, -0.15) is 0 Å². The van der Waals surface area contributed by atoms with Crippen LogP contribution in [0.4, 0.5) is 5.13 Å². The summed E-state index contributed by atoms with van der Waals surface area (Å²) in [4.78, 5) is 4.28. The molecule has 0 saturated heterocycles. The molecule has 3 aromatic rings. The van der Waals surface area contributed by atoms with Gasteiger partial charge in [0, 0.05) is 0 Å². The molecule has 9 heteroatoms. The van der Waals surface area contributed by atoms with E-state index in [4.69, 9.17) is 11.6 Å². The second-order valence-corrected chi connectivity index (χ2v) is 10.00. The number of benzene rings is 1. The van der Waals surface area contributed by atoms with Crippen molar-refractivity contribution in [1.29, 1.82) is 0 Å². The fraction of sp³-hybridized carbons (Fsp3) is 0.0833. The Morgan fingerprint density at radius 2 is 2.05 bits per heavy atom. The molecule has 0 aliphatic heterocycles. The molecule has 1 N–H and O–H groups in total. The first kappa shape index (κ1) is 15.2. The lowest BCUT2D eigenvalue weighted by Gasteiger charge is -2.01. The highest BCUT2D eigenvalue weighted by molar-refractivity contribution is 9.11. The normalized spacial score (nSPS) is 12.0. The highest BCUT2D eigenvalue weighted by atomic mass is 79.9. The second kappa shape index (κ2) is 5.51. The number of anilines is 1. The zero-order chi connectivity index (χ0) is 15.2. The van der Waals surface area contributed by atoms with Gasteiger partial charge in [0.05, 0.1) is 19.0 Å². The SMILES string of the molecule is Cc1ccc2nc(NS(=O)(=O)c3cc(Cl)c(Br)s3)sc2c1. The number of thiophene rings is 1. The number of aryl methyl sites for hydroxylation is 1. The van der Waals surface area contributed by atoms with Gasteiger partial charge in [-0.15, -0.1) is 11.3 Å². The molecule has 0 aliphatic rings. The molecule has 21 heavy (non-hydrogen) atoms. The first-order valence-electron chi connectivity index (χ1n) is 5.70. The number of nitrogens with one attached hydrogen (secondary N) is 1. The molecular weight excluding hydrogens is 416 g/mol. The summed E-state index contributed by atoms with van der Waals surface area (Å²) in [7, 11) is -3.67. The van der Waals surface area contributed by atoms with Crippen molar-refractivity contribution < 1.29 is 8.42 Å². The maximum Gasteiger partial charge on any atom is 0.273 e. The molecule has 0 amide bonds. The standard InChI is InChI=1S/C12H8BrClN2O2S3/c1-6-2-3-8-9(4-6)19-12(15-8)16-21(17,18)10-5-7(14)11(13)20-10/h2-5H,1H3,(H,15,16). The van der Waals surface area contributed by atoms with Gasteiger partial charge in [0.15, 0.2) is 5.13 Å². The van der Waals surface area contributed by atoms with E-state index in [9.17, 15) is 8.42 Å². The number of rotatable bonds is 3. The van der Waals surface area contributed by atoms with Crippen molar-refractivity contribution in [2.45, 2.75) is 11.1 Å². The van der Waals surface area contributed by atoms with E-state index in [0.29, 0.717) is 13.9 Å². The van der Waals surface area contributed by atoms with Gasteiger partial charge in [0.25, 0.3) is 10.0 Å². The van der Waals surface area contributed by atoms with Crippen molar-refractivity contribution >= 4 is 75.6 Å². The summed E-state index contributed by atoms with van der Waals surface area (Å²) in [6.45, 7) is 1.98. The molecule has 0 bridgehead atoms. The molecule has 0 saturated carbocycles. The molecule has 0 unspecified atom stereocenters. The van der Waals surface area contributed by atoms with Crippen molar-refractivity contribution in [3.8, 4) is 0 Å². The van der Waals surface area contributed by atoms with E-state index in [1.54, 1.807) is 0 Å². The topological polar surface area (TPSA) is 59.1 Å². The summed E-state index contributed by atoms with van der Waals surface area (Å²) < 4.78 is 28.8. The lowest BCUT2D eigenvalue weighted by atomic mass is 10.2. The van der Waals surface area contributed by atoms with Gasteiger partial charge < -0.3 is 0 Å². The third-order valence-electron chi connectivity index (χ3n) is 2.65. The number of thiazole rings is 1. The first-order chi connectivity index (χ1) is 9.85. The van der Waals surface area contributed by atoms with Crippen LogP contribution in [-0.4, -0.2) is 13.4 Å². The summed E-state index contributed by atoms with van der Waals surface area (Å²) in [6.07, 6.45) is 0. The number of sulfonamides is 1. The molecule has 0 aliphatic carbocycles. The molecule has 110 valence electrons. The lowest BCUT2D eigenvalue weighted by molar-refractivity contribution is 0.603. The van der Waals surface area contributed by atoms with Gasteiger partial charge in [0.1, 0.15) is 4.21 Å². The van der Waals surface area contributed by atoms with Crippen LogP contribution in [0, 0.1) is 6.92 Å². The average molecular weight is 424 g/mol. The van der Waals surface area contributed by atoms with E-state index in [1.165, 1.54) is 17.4 Å². The number of fused-ring (bicyclic) bond motifs is 1. The van der Waals surface area contributed by atoms with Crippen molar-refractivity contribution in [3.05, 3.63) is 38.6 Å². The van der Waals surface area contributed by atoms with Crippen LogP contribution in [0.3, 0.4) is 0 Å². The number of nitrogens with zero attached hydrogens (tertiary/aromatic N) is 1. The van der Waals surface area contributed by atoms with Gasteiger partial charge in [-0.25, -0.2) is 13.4 Å². The van der Waals surface area contributed by atoms with E-state index >= 15 is 0 Å². The highest BCUT2D eigenvalue weighted by Crippen LogP contribution is 2.36. The highest BCUT2D eigenvalue weighted by Gasteiger charge is 2.20. The monoisotopic (exact) mass is 422 g/mol. The Kier molecular flexibility index (Phi) is 4.00. The smallest absolute Gasteiger partial charge is 0.254 e. The molecule has 0 radical (unpaired) electrons. The van der Waals surface area contributed by atoms with Crippen molar-refractivity contribution in [1.82, 2.24) is 4.98 Å². The minimum atomic E-state index is -3.67. The summed E-state index contributed by atoms with van der Waals surface area (Å²) in [5, 5.41) is 0.719. The van der Waals surface area contributed by atoms with Crippen LogP contribution >= 0.6 is 50.2 Å². The van der Waals surface area contributed by atoms with Crippen LogP contribution in [0.15, 0.2) is 32.3 Å². The summed E-state index contributed by atoms with van der Waals surface area (Å²) >= 11 is 11.5. The number of halogens is 2. The van der Waals surface area contributed by atoms with Crippen LogP contribution in [0.5, 0.6) is 0 Å². The maximum absolute atomic E-state index is 12.3. The Bertz CT molecular complexity index is 914. The molecule has 2 heterocycles. The van der Waals surface area contributed by atoms with Crippen LogP contribution in [0.2, 0.25) is 5.02 Å². The average Bonchev–Trinajstić information content (AvgIpc) is 2.92. The van der Waals surface area contributed by atoms with Crippen LogP contribution in [0.1, 0.15) is 5.56 Å². The van der Waals surface area contributed by atoms with Crippen LogP contribution in [0.25, 0.3) is 10.2 Å². The minimum absolute atomic E-state index is 0.148. The van der Waals surface area contributed by atoms with E-state index in [2.05, 4.69) is 25.6 Å². The van der Waals surface area contributed by atoms with E-state index in [1.807, 2.05) is 25.1 Å². The van der Waals surface area contributed by atoms with E-state index in [-0.39, 0.29) is 4.21 Å². The fourth-order valence-electron chi connectivity index (χ4n) is 1.70. The minimum Gasteiger partial charge on any atom is -0.254 e. The Hall–Kier alpha value is -0.670. The van der Waals surface area contributed by atoms with Crippen molar-refractivity contribution in [2.75, 3.05) is 4.72 Å². The molecule has 1 aromatic carbocycles. The van der Waals surface area contributed by atoms with Crippen molar-refractivity contribution in [3.63, 3.8) is 0 Å². The predicted octanol–water partition coefficient (Wildman–Crippen LogP) is 4.88. The lowest BCUT2D eigenvalue weighted by Crippen LogP contribution is -2.11. The third-order valence-corrected chi connectivity index (χ3v) is 8.00.